The fourth-order valence-corrected chi connectivity index (χ4v) is 9.90. The Hall–Kier alpha value is -3.67. The molecule has 6 heteroatoms. The number of carbonyl (C=O) groups is 3. The van der Waals surface area contributed by atoms with Crippen molar-refractivity contribution in [2.24, 2.45) is 0 Å². The van der Waals surface area contributed by atoms with E-state index in [9.17, 15) is 14.4 Å². The molecule has 6 nitrogen and oxygen atoms in total. The van der Waals surface area contributed by atoms with E-state index in [1.54, 1.807) is 0 Å². The van der Waals surface area contributed by atoms with E-state index in [4.69, 9.17) is 14.2 Å². The second-order valence-electron chi connectivity index (χ2n) is 23.1. The minimum absolute atomic E-state index is 0.0974. The van der Waals surface area contributed by atoms with Crippen molar-refractivity contribution in [3.05, 3.63) is 97.2 Å². The van der Waals surface area contributed by atoms with Gasteiger partial charge in [-0.1, -0.05) is 323 Å². The highest BCUT2D eigenvalue weighted by Crippen LogP contribution is 2.17. The van der Waals surface area contributed by atoms with E-state index in [0.29, 0.717) is 19.3 Å². The van der Waals surface area contributed by atoms with Crippen molar-refractivity contribution >= 4 is 17.9 Å². The van der Waals surface area contributed by atoms with Crippen LogP contribution in [0.2, 0.25) is 0 Å². The van der Waals surface area contributed by atoms with Crippen LogP contribution < -0.4 is 0 Å². The summed E-state index contributed by atoms with van der Waals surface area (Å²) in [6.45, 7) is 6.53. The normalized spacial score (nSPS) is 12.7. The van der Waals surface area contributed by atoms with Crippen molar-refractivity contribution in [1.29, 1.82) is 0 Å². The number of carbonyl (C=O) groups excluding carboxylic acids is 3. The standard InChI is InChI=1S/C75H130O6/c1-4-7-10-13-16-19-22-25-28-30-32-34-36-37-39-40-42-44-47-50-53-56-59-62-65-68-74(77)80-71-72(70-79-73(76)67-64-61-58-55-52-49-46-27-24-21-18-15-12-9-6-3)81-75(78)69-66-63-60-57-54-51-48-45-43-41-38-35-33-31-29-26-23-20-17-14-11-8-5-2/h8,11,17,20,26,29-30,32-33,35,41,43,48,51,57,60,72H,4-7,9-10,12-16,18-19,21-25,27-28,31,34,36-40,42,44-47,49-50,52-56,58-59,61-71H2,1-3H3/b11-8-,20-17-,29-26-,32-30-,35-33-,43-41-,51-48-,60-57-. The van der Waals surface area contributed by atoms with Crippen molar-refractivity contribution in [1.82, 2.24) is 0 Å². The Bertz CT molecular complexity index is 1580. The number of hydrogen-bond donors (Lipinski definition) is 0. The molecule has 0 rings (SSSR count). The summed E-state index contributed by atoms with van der Waals surface area (Å²) >= 11 is 0. The maximum Gasteiger partial charge on any atom is 0.306 e. The Kier molecular flexibility index (Phi) is 65.7. The smallest absolute Gasteiger partial charge is 0.306 e. The number of rotatable bonds is 63. The van der Waals surface area contributed by atoms with Crippen molar-refractivity contribution in [3.63, 3.8) is 0 Å². The number of hydrogen-bond acceptors (Lipinski definition) is 6. The predicted molar refractivity (Wildman–Crippen MR) is 353 cm³/mol. The first-order valence-corrected chi connectivity index (χ1v) is 34.7. The van der Waals surface area contributed by atoms with Gasteiger partial charge < -0.3 is 14.2 Å². The van der Waals surface area contributed by atoms with Crippen LogP contribution in [0.5, 0.6) is 0 Å². The molecule has 0 N–H and O–H groups in total. The Morgan fingerprint density at radius 3 is 0.802 bits per heavy atom. The summed E-state index contributed by atoms with van der Waals surface area (Å²) in [4.78, 5) is 38.4. The van der Waals surface area contributed by atoms with E-state index in [0.717, 1.165) is 89.9 Å². The predicted octanol–water partition coefficient (Wildman–Crippen LogP) is 24.0. The van der Waals surface area contributed by atoms with Gasteiger partial charge in [-0.25, -0.2) is 0 Å². The lowest BCUT2D eigenvalue weighted by Crippen LogP contribution is -2.30. The lowest BCUT2D eigenvalue weighted by Gasteiger charge is -2.18. The minimum atomic E-state index is -0.809. The summed E-state index contributed by atoms with van der Waals surface area (Å²) in [5.74, 6) is -0.941. The largest absolute Gasteiger partial charge is 0.462 e. The second-order valence-corrected chi connectivity index (χ2v) is 23.1. The quantitative estimate of drug-likeness (QED) is 0.0261. The lowest BCUT2D eigenvalue weighted by atomic mass is 10.0. The Balaban J connectivity index is 4.40. The summed E-state index contributed by atoms with van der Waals surface area (Å²) in [7, 11) is 0. The van der Waals surface area contributed by atoms with Gasteiger partial charge in [0, 0.05) is 19.3 Å². The first-order chi connectivity index (χ1) is 40.0. The Morgan fingerprint density at radius 2 is 0.494 bits per heavy atom. The van der Waals surface area contributed by atoms with E-state index in [-0.39, 0.29) is 37.5 Å². The summed E-state index contributed by atoms with van der Waals surface area (Å²) in [6.07, 6.45) is 92.9. The molecule has 0 aromatic rings. The molecule has 0 saturated heterocycles. The maximum absolute atomic E-state index is 12.9. The molecule has 1 atom stereocenters. The Morgan fingerprint density at radius 1 is 0.259 bits per heavy atom. The third-order valence-corrected chi connectivity index (χ3v) is 15.1. The molecule has 0 aliphatic heterocycles. The van der Waals surface area contributed by atoms with Gasteiger partial charge in [0.2, 0.25) is 0 Å². The third kappa shape index (κ3) is 67.0. The average molecular weight is 1130 g/mol. The fourth-order valence-electron chi connectivity index (χ4n) is 9.90. The van der Waals surface area contributed by atoms with Gasteiger partial charge in [-0.15, -0.1) is 0 Å². The van der Waals surface area contributed by atoms with Gasteiger partial charge in [0.25, 0.3) is 0 Å². The highest BCUT2D eigenvalue weighted by molar-refractivity contribution is 5.71. The van der Waals surface area contributed by atoms with Crippen LogP contribution in [0.25, 0.3) is 0 Å². The van der Waals surface area contributed by atoms with Crippen LogP contribution in [-0.2, 0) is 28.6 Å². The lowest BCUT2D eigenvalue weighted by molar-refractivity contribution is -0.167. The highest BCUT2D eigenvalue weighted by Gasteiger charge is 2.19. The molecule has 0 amide bonds. The van der Waals surface area contributed by atoms with Crippen molar-refractivity contribution in [2.75, 3.05) is 13.2 Å². The van der Waals surface area contributed by atoms with E-state index < -0.39 is 6.10 Å². The molecule has 0 fully saturated rings. The Labute approximate surface area is 502 Å². The first-order valence-electron chi connectivity index (χ1n) is 34.7. The fraction of sp³-hybridized carbons (Fsp3) is 0.747. The van der Waals surface area contributed by atoms with Gasteiger partial charge in [0.05, 0.1) is 0 Å². The molecule has 0 bridgehead atoms. The third-order valence-electron chi connectivity index (χ3n) is 15.1. The van der Waals surface area contributed by atoms with E-state index in [2.05, 4.69) is 118 Å². The van der Waals surface area contributed by atoms with E-state index >= 15 is 0 Å². The molecule has 0 spiro atoms. The van der Waals surface area contributed by atoms with Crippen molar-refractivity contribution in [3.8, 4) is 0 Å². The zero-order chi connectivity index (χ0) is 58.5. The number of allylic oxidation sites excluding steroid dienone is 16. The summed E-state index contributed by atoms with van der Waals surface area (Å²) < 4.78 is 16.9. The molecule has 0 saturated carbocycles. The molecule has 0 aromatic heterocycles. The topological polar surface area (TPSA) is 78.9 Å². The molecule has 0 heterocycles. The van der Waals surface area contributed by atoms with Crippen LogP contribution in [0.15, 0.2) is 97.2 Å². The summed E-state index contributed by atoms with van der Waals surface area (Å²) in [5, 5.41) is 0. The van der Waals surface area contributed by atoms with Crippen LogP contribution in [0, 0.1) is 0 Å². The molecule has 0 aliphatic carbocycles. The minimum Gasteiger partial charge on any atom is -0.462 e. The van der Waals surface area contributed by atoms with E-state index in [1.807, 2.05) is 0 Å². The first kappa shape index (κ1) is 77.3. The maximum atomic E-state index is 12.9. The summed E-state index contributed by atoms with van der Waals surface area (Å²) in [5.41, 5.74) is 0. The molecule has 1 unspecified atom stereocenters. The molecule has 466 valence electrons. The van der Waals surface area contributed by atoms with Gasteiger partial charge in [-0.2, -0.15) is 0 Å². The van der Waals surface area contributed by atoms with Gasteiger partial charge in [-0.3, -0.25) is 14.4 Å². The molecule has 0 aliphatic rings. The number of unbranched alkanes of at least 4 members (excludes halogenated alkanes) is 36. The molecular formula is C75H130O6. The van der Waals surface area contributed by atoms with Crippen LogP contribution >= 0.6 is 0 Å². The van der Waals surface area contributed by atoms with Crippen molar-refractivity contribution < 1.29 is 28.6 Å². The van der Waals surface area contributed by atoms with Crippen LogP contribution in [0.4, 0.5) is 0 Å². The van der Waals surface area contributed by atoms with Gasteiger partial charge in [-0.05, 0) is 96.3 Å². The van der Waals surface area contributed by atoms with Crippen molar-refractivity contribution in [2.45, 2.75) is 348 Å². The number of esters is 3. The average Bonchev–Trinajstić information content (AvgIpc) is 3.47. The van der Waals surface area contributed by atoms with Crippen LogP contribution in [0.1, 0.15) is 342 Å². The van der Waals surface area contributed by atoms with Gasteiger partial charge in [0.1, 0.15) is 13.2 Å². The molecular weight excluding hydrogens is 997 g/mol. The molecule has 0 aromatic carbocycles. The molecule has 81 heavy (non-hydrogen) atoms. The summed E-state index contributed by atoms with van der Waals surface area (Å²) in [6, 6.07) is 0. The van der Waals surface area contributed by atoms with E-state index in [1.165, 1.54) is 205 Å². The highest BCUT2D eigenvalue weighted by atomic mass is 16.6. The second kappa shape index (κ2) is 68.8. The number of ether oxygens (including phenoxy) is 3. The SMILES string of the molecule is CC/C=C\C/C=C\C/C=C\C/C=C\C/C=C\C/C=C\C/C=C\CCCC(=O)OC(COC(=O)CCCCCCCCCCCCCCC/C=C\CCCCCCCCCC)COC(=O)CCCCCCCCCCCCCCCCC. The monoisotopic (exact) mass is 1130 g/mol. The zero-order valence-corrected chi connectivity index (χ0v) is 53.5. The zero-order valence-electron chi connectivity index (χ0n) is 53.5. The van der Waals surface area contributed by atoms with Gasteiger partial charge >= 0.3 is 17.9 Å². The molecule has 0 radical (unpaired) electrons. The van der Waals surface area contributed by atoms with Crippen LogP contribution in [0.3, 0.4) is 0 Å². The van der Waals surface area contributed by atoms with Crippen LogP contribution in [-0.4, -0.2) is 37.2 Å². The van der Waals surface area contributed by atoms with Gasteiger partial charge in [0.15, 0.2) is 6.10 Å².